The van der Waals surface area contributed by atoms with Crippen molar-refractivity contribution in [3.63, 3.8) is 0 Å². The summed E-state index contributed by atoms with van der Waals surface area (Å²) in [7, 11) is 4.82. The van der Waals surface area contributed by atoms with E-state index in [9.17, 15) is 9.59 Å². The molecule has 3 rings (SSSR count). The second-order valence-electron chi connectivity index (χ2n) is 6.36. The van der Waals surface area contributed by atoms with E-state index < -0.39 is 0 Å². The van der Waals surface area contributed by atoms with Crippen LogP contribution >= 0.6 is 0 Å². The molecule has 1 aliphatic rings. The average Bonchev–Trinajstić information content (AvgIpc) is 2.86. The smallest absolute Gasteiger partial charge is 0.306 e. The third-order valence-electron chi connectivity index (χ3n) is 4.54. The highest BCUT2D eigenvalue weighted by molar-refractivity contribution is 5.86. The second kappa shape index (κ2) is 5.68. The van der Waals surface area contributed by atoms with E-state index in [-0.39, 0.29) is 11.2 Å². The zero-order valence-electron chi connectivity index (χ0n) is 14.0. The van der Waals surface area contributed by atoms with Crippen LogP contribution in [0.5, 0.6) is 0 Å². The molecule has 2 aromatic heterocycles. The Morgan fingerprint density at radius 1 is 1.17 bits per heavy atom. The van der Waals surface area contributed by atoms with Gasteiger partial charge in [0.2, 0.25) is 5.95 Å². The first kappa shape index (κ1) is 15.5. The number of anilines is 1. The molecule has 1 aliphatic carbocycles. The molecular weight excluding hydrogens is 296 g/mol. The molecule has 0 amide bonds. The number of imidazole rings is 1. The summed E-state index contributed by atoms with van der Waals surface area (Å²) in [5, 5.41) is 4.45. The maximum Gasteiger partial charge on any atom is 0.332 e. The van der Waals surface area contributed by atoms with Crippen molar-refractivity contribution < 1.29 is 0 Å². The van der Waals surface area contributed by atoms with Gasteiger partial charge in [0, 0.05) is 26.9 Å². The number of fused-ring (bicyclic) bond motifs is 1. The minimum absolute atomic E-state index is 0.356. The van der Waals surface area contributed by atoms with Gasteiger partial charge in [0.1, 0.15) is 0 Å². The Balaban J connectivity index is 2.03. The maximum absolute atomic E-state index is 12.3. The van der Waals surface area contributed by atoms with Crippen molar-refractivity contribution in [2.24, 2.45) is 32.2 Å². The lowest BCUT2D eigenvalue weighted by Gasteiger charge is -2.18. The number of nitrogens with zero attached hydrogens (tertiary/aromatic N) is 5. The third kappa shape index (κ3) is 2.58. The Bertz CT molecular complexity index is 901. The van der Waals surface area contributed by atoms with Gasteiger partial charge in [0.05, 0.1) is 0 Å². The number of nitrogens with one attached hydrogen (secondary N) is 1. The van der Waals surface area contributed by atoms with Crippen LogP contribution < -0.4 is 16.7 Å². The largest absolute Gasteiger partial charge is 0.332 e. The van der Waals surface area contributed by atoms with E-state index in [0.29, 0.717) is 23.0 Å². The maximum atomic E-state index is 12.3. The lowest BCUT2D eigenvalue weighted by atomic mass is 9.89. The first-order valence-electron chi connectivity index (χ1n) is 7.84. The van der Waals surface area contributed by atoms with E-state index in [1.54, 1.807) is 18.7 Å². The van der Waals surface area contributed by atoms with Crippen LogP contribution in [-0.4, -0.2) is 24.4 Å². The molecule has 0 saturated heterocycles. The van der Waals surface area contributed by atoms with Crippen molar-refractivity contribution >= 4 is 22.8 Å². The summed E-state index contributed by atoms with van der Waals surface area (Å²) in [6.07, 6.45) is 4.36. The minimum atomic E-state index is -0.389. The van der Waals surface area contributed by atoms with E-state index >= 15 is 0 Å². The van der Waals surface area contributed by atoms with Crippen molar-refractivity contribution in [1.82, 2.24) is 18.7 Å². The van der Waals surface area contributed by atoms with Gasteiger partial charge in [-0.05, 0) is 31.6 Å². The van der Waals surface area contributed by atoms with Gasteiger partial charge in [-0.15, -0.1) is 0 Å². The van der Waals surface area contributed by atoms with Gasteiger partial charge in [-0.1, -0.05) is 6.92 Å². The summed E-state index contributed by atoms with van der Waals surface area (Å²) in [6, 6.07) is 0. The molecule has 1 atom stereocenters. The number of hydrazone groups is 1. The predicted octanol–water partition coefficient (Wildman–Crippen LogP) is 0.949. The highest BCUT2D eigenvalue weighted by Crippen LogP contribution is 2.21. The topological polar surface area (TPSA) is 86.2 Å². The molecule has 0 aromatic carbocycles. The molecule has 2 aromatic rings. The first-order chi connectivity index (χ1) is 10.9. The highest BCUT2D eigenvalue weighted by atomic mass is 16.2. The van der Waals surface area contributed by atoms with Gasteiger partial charge in [0.15, 0.2) is 11.2 Å². The summed E-state index contributed by atoms with van der Waals surface area (Å²) in [5.41, 5.74) is 4.08. The first-order valence-corrected chi connectivity index (χ1v) is 7.84. The third-order valence-corrected chi connectivity index (χ3v) is 4.54. The Hall–Kier alpha value is -2.38. The zero-order chi connectivity index (χ0) is 16.7. The molecule has 8 heteroatoms. The van der Waals surface area contributed by atoms with Crippen LogP contribution in [0.4, 0.5) is 5.95 Å². The van der Waals surface area contributed by atoms with Crippen LogP contribution in [0.25, 0.3) is 11.2 Å². The number of rotatable bonds is 2. The van der Waals surface area contributed by atoms with E-state index in [2.05, 4.69) is 22.4 Å². The number of hydrogen-bond acceptors (Lipinski definition) is 5. The molecule has 124 valence electrons. The molecular formula is C15H22N6O2. The van der Waals surface area contributed by atoms with Crippen molar-refractivity contribution in [3.8, 4) is 0 Å². The van der Waals surface area contributed by atoms with Crippen LogP contribution in [0.3, 0.4) is 0 Å². The summed E-state index contributed by atoms with van der Waals surface area (Å²) >= 11 is 0. The SMILES string of the molecule is CC1CCCC(=NNc2nc3c(c(=O)n(C)c(=O)n3C)n2C)C1. The zero-order valence-corrected chi connectivity index (χ0v) is 14.0. The van der Waals surface area contributed by atoms with Crippen molar-refractivity contribution in [3.05, 3.63) is 20.8 Å². The van der Waals surface area contributed by atoms with Crippen LogP contribution in [0, 0.1) is 5.92 Å². The molecule has 1 fully saturated rings. The molecule has 1 saturated carbocycles. The van der Waals surface area contributed by atoms with Gasteiger partial charge < -0.3 is 4.57 Å². The Morgan fingerprint density at radius 3 is 2.61 bits per heavy atom. The summed E-state index contributed by atoms with van der Waals surface area (Å²) in [6.45, 7) is 2.23. The van der Waals surface area contributed by atoms with Crippen LogP contribution in [0.2, 0.25) is 0 Å². The summed E-state index contributed by atoms with van der Waals surface area (Å²) in [4.78, 5) is 28.7. The van der Waals surface area contributed by atoms with Gasteiger partial charge in [-0.3, -0.25) is 13.9 Å². The van der Waals surface area contributed by atoms with Crippen molar-refractivity contribution in [2.45, 2.75) is 32.6 Å². The summed E-state index contributed by atoms with van der Waals surface area (Å²) in [5.74, 6) is 1.11. The van der Waals surface area contributed by atoms with Crippen LogP contribution in [0.1, 0.15) is 32.6 Å². The lowest BCUT2D eigenvalue weighted by molar-refractivity contribution is 0.500. The van der Waals surface area contributed by atoms with Crippen molar-refractivity contribution in [2.75, 3.05) is 5.43 Å². The van der Waals surface area contributed by atoms with E-state index in [1.165, 1.54) is 18.0 Å². The fraction of sp³-hybridized carbons (Fsp3) is 0.600. The molecule has 2 heterocycles. The number of aromatic nitrogens is 4. The molecule has 0 radical (unpaired) electrons. The predicted molar refractivity (Wildman–Crippen MR) is 89.9 cm³/mol. The quantitative estimate of drug-likeness (QED) is 0.835. The van der Waals surface area contributed by atoms with Crippen molar-refractivity contribution in [1.29, 1.82) is 0 Å². The molecule has 1 unspecified atom stereocenters. The normalized spacial score (nSPS) is 20.3. The van der Waals surface area contributed by atoms with Gasteiger partial charge in [-0.2, -0.15) is 10.1 Å². The molecule has 0 bridgehead atoms. The minimum Gasteiger partial charge on any atom is -0.306 e. The Morgan fingerprint density at radius 2 is 1.91 bits per heavy atom. The van der Waals surface area contributed by atoms with Gasteiger partial charge >= 0.3 is 5.69 Å². The van der Waals surface area contributed by atoms with Gasteiger partial charge in [0.25, 0.3) is 5.56 Å². The fourth-order valence-electron chi connectivity index (χ4n) is 3.11. The highest BCUT2D eigenvalue weighted by Gasteiger charge is 2.18. The molecule has 23 heavy (non-hydrogen) atoms. The standard InChI is InChI=1S/C15H22N6O2/c1-9-6-5-7-10(8-9)17-18-14-16-12-11(19(14)2)13(22)21(4)15(23)20(12)3/h9H,5-8H2,1-4H3,(H,16,18). The van der Waals surface area contributed by atoms with E-state index in [0.717, 1.165) is 29.5 Å². The van der Waals surface area contributed by atoms with E-state index in [4.69, 9.17) is 0 Å². The number of aryl methyl sites for hydroxylation is 2. The fourth-order valence-corrected chi connectivity index (χ4v) is 3.11. The molecule has 0 aliphatic heterocycles. The second-order valence-corrected chi connectivity index (χ2v) is 6.36. The number of hydrogen-bond donors (Lipinski definition) is 1. The average molecular weight is 318 g/mol. The summed E-state index contributed by atoms with van der Waals surface area (Å²) < 4.78 is 4.10. The monoisotopic (exact) mass is 318 g/mol. The Labute approximate surface area is 133 Å². The lowest BCUT2D eigenvalue weighted by Crippen LogP contribution is -2.37. The van der Waals surface area contributed by atoms with E-state index in [1.807, 2.05) is 0 Å². The molecule has 1 N–H and O–H groups in total. The molecule has 0 spiro atoms. The van der Waals surface area contributed by atoms with Gasteiger partial charge in [-0.25, -0.2) is 10.2 Å². The van der Waals surface area contributed by atoms with Crippen LogP contribution in [0.15, 0.2) is 14.7 Å². The molecule has 8 nitrogen and oxygen atoms in total. The Kier molecular flexibility index (Phi) is 3.83. The van der Waals surface area contributed by atoms with Crippen LogP contribution in [-0.2, 0) is 21.1 Å².